The fraction of sp³-hybridized carbons (Fsp3) is 0.263. The molecule has 0 saturated heterocycles. The second-order valence-corrected chi connectivity index (χ2v) is 25.9. The van der Waals surface area contributed by atoms with Crippen LogP contribution in [-0.4, -0.2) is 9.55 Å². The molecule has 5 nitrogen and oxygen atoms in total. The Morgan fingerprint density at radius 1 is 0.512 bits per heavy atom. The van der Waals surface area contributed by atoms with Crippen LogP contribution in [-0.2, 0) is 37.3 Å². The van der Waals surface area contributed by atoms with Gasteiger partial charge in [0.15, 0.2) is 0 Å². The maximum atomic E-state index is 7.46. The molecule has 2 aromatic heterocycles. The van der Waals surface area contributed by atoms with Crippen molar-refractivity contribution in [3.63, 3.8) is 0 Å². The number of benzene rings is 8. The maximum Gasteiger partial charge on any atom is 0.135 e. The first-order valence-electron chi connectivity index (χ1n) is 28.9. The van der Waals surface area contributed by atoms with Crippen LogP contribution in [0.25, 0.3) is 49.9 Å². The van der Waals surface area contributed by atoms with Crippen molar-refractivity contribution in [2.24, 2.45) is 5.41 Å². The molecule has 1 aliphatic heterocycles. The standard InChI is InChI=1S/C76H77N4O.Pt/c1-50(2)63-34-26-35-64(51(3)4)71(63)54-41-60(79-49-78(48-69(79)74(8,9)10)59-40-53(52-27-18-15-19-28-52)39-58(43-59)75(11,12)55-29-20-16-21-30-55)45-61(42-54)81-62-46-66(76(13,14)56-31-22-17-23-32-56)72-65-33-24-25-36-67(65)80(68(72)47-62)70-44-57(37-38-77-70)73(5,6)7;/h15-44,46,48-51H,1-14H3;/q-3;. The molecule has 8 aromatic carbocycles. The second kappa shape index (κ2) is 22.4. The summed E-state index contributed by atoms with van der Waals surface area (Å²) < 4.78 is 9.74. The van der Waals surface area contributed by atoms with Crippen LogP contribution < -0.4 is 14.5 Å². The van der Waals surface area contributed by atoms with Gasteiger partial charge in [-0.3, -0.25) is 0 Å². The Bertz CT molecular complexity index is 3940. The zero-order valence-electron chi connectivity index (χ0n) is 50.2. The van der Waals surface area contributed by atoms with E-state index in [2.05, 4.69) is 318 Å². The summed E-state index contributed by atoms with van der Waals surface area (Å²) in [6.07, 6.45) is 4.25. The third kappa shape index (κ3) is 11.0. The smallest absolute Gasteiger partial charge is 0.135 e. The van der Waals surface area contributed by atoms with E-state index in [0.717, 1.165) is 55.8 Å². The molecule has 0 aliphatic carbocycles. The average molecular weight is 1260 g/mol. The third-order valence-electron chi connectivity index (χ3n) is 16.7. The van der Waals surface area contributed by atoms with Crippen LogP contribution in [0.5, 0.6) is 11.5 Å². The van der Waals surface area contributed by atoms with E-state index in [-0.39, 0.29) is 49.1 Å². The maximum absolute atomic E-state index is 7.46. The number of pyridine rings is 1. The second-order valence-electron chi connectivity index (χ2n) is 25.9. The molecular weight excluding hydrogens is 1180 g/mol. The molecule has 82 heavy (non-hydrogen) atoms. The van der Waals surface area contributed by atoms with Crippen LogP contribution in [0, 0.1) is 24.2 Å². The van der Waals surface area contributed by atoms with E-state index in [1.165, 1.54) is 50.1 Å². The molecule has 6 heteroatoms. The molecule has 0 amide bonds. The summed E-state index contributed by atoms with van der Waals surface area (Å²) in [5, 5.41) is 2.26. The van der Waals surface area contributed by atoms with E-state index in [9.17, 15) is 0 Å². The molecule has 10 aromatic rings. The van der Waals surface area contributed by atoms with Crippen molar-refractivity contribution < 1.29 is 25.8 Å². The summed E-state index contributed by atoms with van der Waals surface area (Å²) >= 11 is 0. The van der Waals surface area contributed by atoms with E-state index < -0.39 is 5.41 Å². The number of para-hydroxylation sites is 1. The van der Waals surface area contributed by atoms with Crippen LogP contribution in [0.1, 0.15) is 148 Å². The Hall–Kier alpha value is -7.46. The van der Waals surface area contributed by atoms with Crippen LogP contribution in [0.2, 0.25) is 0 Å². The van der Waals surface area contributed by atoms with E-state index in [1.54, 1.807) is 0 Å². The van der Waals surface area contributed by atoms with Gasteiger partial charge in [0.1, 0.15) is 5.82 Å². The molecule has 1 aliphatic rings. The molecule has 0 bridgehead atoms. The topological polar surface area (TPSA) is 33.5 Å². The molecule has 0 spiro atoms. The molecule has 0 saturated carbocycles. The van der Waals surface area contributed by atoms with E-state index >= 15 is 0 Å². The number of anilines is 2. The van der Waals surface area contributed by atoms with E-state index in [1.807, 2.05) is 6.20 Å². The summed E-state index contributed by atoms with van der Waals surface area (Å²) in [5.41, 5.74) is 17.3. The number of rotatable bonds is 13. The molecule has 0 unspecified atom stereocenters. The van der Waals surface area contributed by atoms with Crippen molar-refractivity contribution in [3.05, 3.63) is 258 Å². The Balaban J connectivity index is 0.00000753. The number of nitrogens with zero attached hydrogens (tertiary/aromatic N) is 4. The van der Waals surface area contributed by atoms with Crippen molar-refractivity contribution in [2.45, 2.75) is 125 Å². The van der Waals surface area contributed by atoms with Gasteiger partial charge in [-0.1, -0.05) is 241 Å². The molecule has 0 N–H and O–H groups in total. The van der Waals surface area contributed by atoms with Gasteiger partial charge in [-0.2, -0.15) is 0 Å². The summed E-state index contributed by atoms with van der Waals surface area (Å²) in [6, 6.07) is 73.9. The number of fused-ring (bicyclic) bond motifs is 3. The molecule has 0 atom stereocenters. The molecule has 0 radical (unpaired) electrons. The van der Waals surface area contributed by atoms with Gasteiger partial charge in [0.2, 0.25) is 0 Å². The van der Waals surface area contributed by atoms with Crippen molar-refractivity contribution in [1.29, 1.82) is 0 Å². The van der Waals surface area contributed by atoms with Gasteiger partial charge in [0.25, 0.3) is 0 Å². The number of ether oxygens (including phenoxy) is 1. The zero-order valence-corrected chi connectivity index (χ0v) is 52.5. The van der Waals surface area contributed by atoms with Gasteiger partial charge < -0.3 is 19.1 Å². The van der Waals surface area contributed by atoms with Crippen LogP contribution in [0.15, 0.2) is 200 Å². The molecular formula is C76H77N4OPt-3. The van der Waals surface area contributed by atoms with Crippen LogP contribution >= 0.6 is 0 Å². The minimum absolute atomic E-state index is 0. The number of hydrogen-bond donors (Lipinski definition) is 0. The SMILES string of the molecule is CC(C)c1cccc(C(C)C)c1-c1cc(Oc2[c-]c3c(c(C(C)(C)c4ccccc4)c2)c2ccccc2n3-c2cc(C(C)(C)C)ccn2)[c-]c(N2[CH-]N(c3cc(-c4ccccc4)cc(C(C)(C)c4ccccc4)c3)C=C2C(C)(C)C)c1.[Pt]. The first kappa shape index (κ1) is 57.8. The van der Waals surface area contributed by atoms with Gasteiger partial charge in [0, 0.05) is 66.5 Å². The van der Waals surface area contributed by atoms with Crippen molar-refractivity contribution in [3.8, 4) is 39.6 Å². The predicted molar refractivity (Wildman–Crippen MR) is 341 cm³/mol. The molecule has 420 valence electrons. The van der Waals surface area contributed by atoms with Crippen LogP contribution in [0.4, 0.5) is 11.4 Å². The number of allylic oxidation sites excluding steroid dienone is 1. The van der Waals surface area contributed by atoms with Gasteiger partial charge >= 0.3 is 0 Å². The van der Waals surface area contributed by atoms with Crippen LogP contribution in [0.3, 0.4) is 0 Å². The average Bonchev–Trinajstić information content (AvgIpc) is 2.31. The minimum atomic E-state index is -0.449. The van der Waals surface area contributed by atoms with Gasteiger partial charge in [0.05, 0.1) is 0 Å². The normalized spacial score (nSPS) is 13.3. The van der Waals surface area contributed by atoms with Gasteiger partial charge in [-0.15, -0.1) is 53.8 Å². The molecule has 3 heterocycles. The number of hydrogen-bond acceptors (Lipinski definition) is 4. The molecule has 0 fully saturated rings. The van der Waals surface area contributed by atoms with Crippen molar-refractivity contribution >= 4 is 33.2 Å². The fourth-order valence-electron chi connectivity index (χ4n) is 11.9. The Labute approximate surface area is 503 Å². The number of aromatic nitrogens is 2. The van der Waals surface area contributed by atoms with Gasteiger partial charge in [-0.05, 0) is 115 Å². The van der Waals surface area contributed by atoms with Crippen molar-refractivity contribution in [1.82, 2.24) is 9.55 Å². The summed E-state index contributed by atoms with van der Waals surface area (Å²) in [4.78, 5) is 9.73. The summed E-state index contributed by atoms with van der Waals surface area (Å²) in [5.74, 6) is 2.58. The van der Waals surface area contributed by atoms with E-state index in [0.29, 0.717) is 11.5 Å². The Morgan fingerprint density at radius 3 is 1.73 bits per heavy atom. The summed E-state index contributed by atoms with van der Waals surface area (Å²) in [6.45, 7) is 34.4. The monoisotopic (exact) mass is 1260 g/mol. The Kier molecular flexibility index (Phi) is 15.8. The Morgan fingerprint density at radius 2 is 1.11 bits per heavy atom. The van der Waals surface area contributed by atoms with Crippen molar-refractivity contribution in [2.75, 3.05) is 9.80 Å². The van der Waals surface area contributed by atoms with E-state index in [4.69, 9.17) is 9.72 Å². The first-order chi connectivity index (χ1) is 38.6. The molecule has 11 rings (SSSR count). The van der Waals surface area contributed by atoms with Gasteiger partial charge in [-0.25, -0.2) is 4.98 Å². The third-order valence-corrected chi connectivity index (χ3v) is 16.7. The fourth-order valence-corrected chi connectivity index (χ4v) is 11.9. The predicted octanol–water partition coefficient (Wildman–Crippen LogP) is 20.4. The summed E-state index contributed by atoms with van der Waals surface area (Å²) in [7, 11) is 0. The zero-order chi connectivity index (χ0) is 57.2. The minimum Gasteiger partial charge on any atom is -0.509 e. The first-order valence-corrected chi connectivity index (χ1v) is 28.9. The largest absolute Gasteiger partial charge is 0.509 e. The quantitative estimate of drug-likeness (QED) is 0.108.